The van der Waals surface area contributed by atoms with Crippen molar-refractivity contribution in [3.63, 3.8) is 0 Å². The molecule has 0 spiro atoms. The molecule has 0 aromatic heterocycles. The van der Waals surface area contributed by atoms with Crippen LogP contribution in [0.3, 0.4) is 0 Å². The maximum Gasteiger partial charge on any atom is 0.182 e. The molecule has 0 bridgehead atoms. The van der Waals surface area contributed by atoms with E-state index in [4.69, 9.17) is 17.3 Å². The molecule has 21 heavy (non-hydrogen) atoms. The highest BCUT2D eigenvalue weighted by Gasteiger charge is 2.57. The summed E-state index contributed by atoms with van der Waals surface area (Å²) in [7, 11) is -3.36. The summed E-state index contributed by atoms with van der Waals surface area (Å²) in [6.45, 7) is 0.355. The minimum absolute atomic E-state index is 0.0475. The number of benzene rings is 2. The maximum atomic E-state index is 12.7. The summed E-state index contributed by atoms with van der Waals surface area (Å²) in [5.41, 5.74) is 6.71. The van der Waals surface area contributed by atoms with Gasteiger partial charge in [-0.05, 0) is 42.3 Å². The summed E-state index contributed by atoms with van der Waals surface area (Å²) in [4.78, 5) is 0.359. The topological polar surface area (TPSA) is 60.2 Å². The van der Waals surface area contributed by atoms with Crippen LogP contribution in [0.4, 0.5) is 0 Å². The minimum Gasteiger partial charge on any atom is -0.330 e. The number of rotatable bonds is 4. The second-order valence-corrected chi connectivity index (χ2v) is 7.85. The molecule has 2 N–H and O–H groups in total. The first-order valence-electron chi connectivity index (χ1n) is 6.80. The third-order valence-electron chi connectivity index (χ3n) is 4.03. The maximum absolute atomic E-state index is 12.7. The van der Waals surface area contributed by atoms with Gasteiger partial charge in [0.2, 0.25) is 0 Å². The summed E-state index contributed by atoms with van der Waals surface area (Å²) < 4.78 is 25.5. The lowest BCUT2D eigenvalue weighted by atomic mass is 10.1. The van der Waals surface area contributed by atoms with Crippen LogP contribution in [-0.2, 0) is 9.84 Å². The number of sulfone groups is 1. The molecule has 1 aliphatic rings. The Kier molecular flexibility index (Phi) is 3.78. The SMILES string of the molecule is NC[C@@H]1[C@@H](c2cccc(Cl)c2)[C@H]1S(=O)(=O)c1ccccc1. The van der Waals surface area contributed by atoms with E-state index < -0.39 is 15.1 Å². The Hall–Kier alpha value is -1.36. The number of nitrogens with two attached hydrogens (primary N) is 1. The Balaban J connectivity index is 1.96. The van der Waals surface area contributed by atoms with Gasteiger partial charge in [0.25, 0.3) is 0 Å². The van der Waals surface area contributed by atoms with Crippen molar-refractivity contribution < 1.29 is 8.42 Å². The van der Waals surface area contributed by atoms with Crippen LogP contribution in [0, 0.1) is 5.92 Å². The van der Waals surface area contributed by atoms with Crippen molar-refractivity contribution in [1.29, 1.82) is 0 Å². The van der Waals surface area contributed by atoms with Crippen molar-refractivity contribution >= 4 is 21.4 Å². The molecule has 0 unspecified atom stereocenters. The van der Waals surface area contributed by atoms with Gasteiger partial charge in [0.15, 0.2) is 9.84 Å². The molecule has 2 aromatic carbocycles. The molecule has 0 aliphatic heterocycles. The molecule has 1 fully saturated rings. The lowest BCUT2D eigenvalue weighted by Gasteiger charge is -2.04. The van der Waals surface area contributed by atoms with Crippen LogP contribution in [0.25, 0.3) is 0 Å². The first kappa shape index (κ1) is 14.6. The lowest BCUT2D eigenvalue weighted by molar-refractivity contribution is 0.591. The van der Waals surface area contributed by atoms with Gasteiger partial charge in [-0.25, -0.2) is 8.42 Å². The average molecular weight is 322 g/mol. The number of halogens is 1. The molecule has 3 atom stereocenters. The van der Waals surface area contributed by atoms with Crippen molar-refractivity contribution in [2.24, 2.45) is 11.7 Å². The summed E-state index contributed by atoms with van der Waals surface area (Å²) >= 11 is 6.01. The van der Waals surface area contributed by atoms with Crippen LogP contribution < -0.4 is 5.73 Å². The Labute approximate surface area is 129 Å². The van der Waals surface area contributed by atoms with Crippen molar-refractivity contribution in [2.45, 2.75) is 16.1 Å². The standard InChI is InChI=1S/C16H16ClNO2S/c17-12-6-4-5-11(9-12)15-14(10-18)16(15)21(19,20)13-7-2-1-3-8-13/h1-9,14-16H,10,18H2/t14-,15-,16+/m1/s1. The van der Waals surface area contributed by atoms with Gasteiger partial charge in [-0.2, -0.15) is 0 Å². The van der Waals surface area contributed by atoms with E-state index in [1.165, 1.54) is 0 Å². The van der Waals surface area contributed by atoms with E-state index in [9.17, 15) is 8.42 Å². The molecular weight excluding hydrogens is 306 g/mol. The quantitative estimate of drug-likeness (QED) is 0.942. The average Bonchev–Trinajstić information content (AvgIpc) is 3.23. The highest BCUT2D eigenvalue weighted by atomic mass is 35.5. The van der Waals surface area contributed by atoms with Crippen LogP contribution in [0.2, 0.25) is 5.02 Å². The zero-order chi connectivity index (χ0) is 15.0. The van der Waals surface area contributed by atoms with E-state index in [0.29, 0.717) is 16.5 Å². The van der Waals surface area contributed by atoms with Crippen LogP contribution in [0.15, 0.2) is 59.5 Å². The second kappa shape index (κ2) is 5.44. The van der Waals surface area contributed by atoms with E-state index in [1.807, 2.05) is 18.2 Å². The number of hydrogen-bond acceptors (Lipinski definition) is 3. The van der Waals surface area contributed by atoms with Crippen LogP contribution in [0.5, 0.6) is 0 Å². The Morgan fingerprint density at radius 2 is 1.76 bits per heavy atom. The van der Waals surface area contributed by atoms with Gasteiger partial charge >= 0.3 is 0 Å². The summed E-state index contributed by atoms with van der Waals surface area (Å²) in [5.74, 6) is -0.118. The molecule has 5 heteroatoms. The summed E-state index contributed by atoms with van der Waals surface area (Å²) in [5, 5.41) is 0.161. The molecule has 3 rings (SSSR count). The highest BCUT2D eigenvalue weighted by Crippen LogP contribution is 2.53. The fraction of sp³-hybridized carbons (Fsp3) is 0.250. The van der Waals surface area contributed by atoms with Crippen molar-refractivity contribution in [1.82, 2.24) is 0 Å². The van der Waals surface area contributed by atoms with Crippen molar-refractivity contribution in [2.75, 3.05) is 6.54 Å². The largest absolute Gasteiger partial charge is 0.330 e. The first-order chi connectivity index (χ1) is 10.1. The first-order valence-corrected chi connectivity index (χ1v) is 8.72. The molecule has 1 aliphatic carbocycles. The van der Waals surface area contributed by atoms with E-state index >= 15 is 0 Å². The van der Waals surface area contributed by atoms with Crippen molar-refractivity contribution in [3.05, 3.63) is 65.2 Å². The molecule has 0 amide bonds. The van der Waals surface area contributed by atoms with Gasteiger partial charge in [0.1, 0.15) is 0 Å². The van der Waals surface area contributed by atoms with Gasteiger partial charge < -0.3 is 5.73 Å². The molecule has 2 aromatic rings. The monoisotopic (exact) mass is 321 g/mol. The highest BCUT2D eigenvalue weighted by molar-refractivity contribution is 7.92. The third-order valence-corrected chi connectivity index (χ3v) is 6.56. The van der Waals surface area contributed by atoms with Gasteiger partial charge in [-0.3, -0.25) is 0 Å². The predicted molar refractivity (Wildman–Crippen MR) is 84.2 cm³/mol. The number of hydrogen-bond donors (Lipinski definition) is 1. The van der Waals surface area contributed by atoms with Gasteiger partial charge in [-0.15, -0.1) is 0 Å². The van der Waals surface area contributed by atoms with Crippen LogP contribution in [0.1, 0.15) is 11.5 Å². The molecular formula is C16H16ClNO2S. The smallest absolute Gasteiger partial charge is 0.182 e. The predicted octanol–water partition coefficient (Wildman–Crippen LogP) is 2.85. The Morgan fingerprint density at radius 1 is 1.05 bits per heavy atom. The zero-order valence-corrected chi connectivity index (χ0v) is 12.9. The molecule has 110 valence electrons. The zero-order valence-electron chi connectivity index (χ0n) is 11.3. The van der Waals surface area contributed by atoms with Crippen molar-refractivity contribution in [3.8, 4) is 0 Å². The van der Waals surface area contributed by atoms with E-state index in [1.54, 1.807) is 36.4 Å². The molecule has 3 nitrogen and oxygen atoms in total. The molecule has 0 saturated heterocycles. The molecule has 0 heterocycles. The fourth-order valence-corrected chi connectivity index (χ4v) is 5.41. The third kappa shape index (κ3) is 2.59. The summed E-state index contributed by atoms with van der Waals surface area (Å²) in [6.07, 6.45) is 0. The molecule has 1 saturated carbocycles. The minimum atomic E-state index is -3.36. The Morgan fingerprint density at radius 3 is 2.38 bits per heavy atom. The van der Waals surface area contributed by atoms with Gasteiger partial charge in [0, 0.05) is 10.9 Å². The van der Waals surface area contributed by atoms with E-state index in [2.05, 4.69) is 0 Å². The van der Waals surface area contributed by atoms with Gasteiger partial charge in [0.05, 0.1) is 10.1 Å². The Bertz CT molecular complexity index is 746. The van der Waals surface area contributed by atoms with Crippen LogP contribution >= 0.6 is 11.6 Å². The lowest BCUT2D eigenvalue weighted by Crippen LogP contribution is -2.13. The second-order valence-electron chi connectivity index (χ2n) is 5.30. The molecule has 0 radical (unpaired) electrons. The van der Waals surface area contributed by atoms with E-state index in [0.717, 1.165) is 5.56 Å². The fourth-order valence-electron chi connectivity index (χ4n) is 2.96. The summed E-state index contributed by atoms with van der Waals surface area (Å²) in [6, 6.07) is 15.9. The normalized spacial score (nSPS) is 24.8. The van der Waals surface area contributed by atoms with Gasteiger partial charge in [-0.1, -0.05) is 41.9 Å². The van der Waals surface area contributed by atoms with Crippen LogP contribution in [-0.4, -0.2) is 20.2 Å². The van der Waals surface area contributed by atoms with E-state index in [-0.39, 0.29) is 11.8 Å².